The first-order chi connectivity index (χ1) is 39.7. The normalized spacial score (nSPS) is 18.0. The smallest absolute Gasteiger partial charge is 0.161 e. The van der Waals surface area contributed by atoms with E-state index in [-0.39, 0.29) is 20.1 Å². The minimum atomic E-state index is 0. The third-order valence-electron chi connectivity index (χ3n) is 15.6. The van der Waals surface area contributed by atoms with E-state index in [4.69, 9.17) is 0 Å². The largest absolute Gasteiger partial charge is 0.510 e. The van der Waals surface area contributed by atoms with Crippen molar-refractivity contribution in [2.45, 2.75) is 57.6 Å². The predicted octanol–water partition coefficient (Wildman–Crippen LogP) is 10.4. The molecule has 19 heteroatoms. The summed E-state index contributed by atoms with van der Waals surface area (Å²) in [5.74, 6) is 4.81. The zero-order valence-corrected chi connectivity index (χ0v) is 48.7. The SMILES string of the molecule is CC(C)N1c2ncncc2N2c3ccccc3CC21.CN1C=CN(c2[c-]cccc2)[CH-]1.CN1[CH-]N(c2[c-]cccc2)c2nccnc21.CN1c2cncnc2N2c3ccccc3CC12.CN1c2ncncc2N2c3ccccc3CC12.[Ir]. The number of nitrogens with zero attached hydrogens (tertiary/aromatic N) is 18. The molecule has 0 N–H and O–H groups in total. The number of anilines is 13. The predicted molar refractivity (Wildman–Crippen MR) is 320 cm³/mol. The van der Waals surface area contributed by atoms with Gasteiger partial charge in [-0.25, -0.2) is 39.9 Å². The summed E-state index contributed by atoms with van der Waals surface area (Å²) in [6.07, 6.45) is 22.2. The Kier molecular flexibility index (Phi) is 14.8. The molecule has 9 aromatic rings. The summed E-state index contributed by atoms with van der Waals surface area (Å²) >= 11 is 0. The van der Waals surface area contributed by atoms with Crippen LogP contribution in [0.1, 0.15) is 30.5 Å². The van der Waals surface area contributed by atoms with Crippen LogP contribution in [0.3, 0.4) is 0 Å². The molecule has 8 aliphatic heterocycles. The second kappa shape index (κ2) is 22.7. The van der Waals surface area contributed by atoms with E-state index in [1.54, 1.807) is 31.4 Å². The molecule has 0 amide bonds. The zero-order chi connectivity index (χ0) is 55.1. The minimum Gasteiger partial charge on any atom is -0.510 e. The van der Waals surface area contributed by atoms with Gasteiger partial charge in [-0.2, -0.15) is 67.3 Å². The quantitative estimate of drug-likeness (QED) is 0.155. The molecule has 3 unspecified atom stereocenters. The van der Waals surface area contributed by atoms with Crippen LogP contribution in [0.15, 0.2) is 184 Å². The van der Waals surface area contributed by atoms with Crippen molar-refractivity contribution in [3.05, 3.63) is 226 Å². The Morgan fingerprint density at radius 2 is 0.963 bits per heavy atom. The molecule has 3 atom stereocenters. The van der Waals surface area contributed by atoms with E-state index in [9.17, 15) is 0 Å². The van der Waals surface area contributed by atoms with Crippen LogP contribution in [-0.2, 0) is 39.4 Å². The molecule has 82 heavy (non-hydrogen) atoms. The van der Waals surface area contributed by atoms with Crippen LogP contribution in [0.4, 0.5) is 74.6 Å². The maximum Gasteiger partial charge on any atom is 0.161 e. The van der Waals surface area contributed by atoms with Crippen LogP contribution in [-0.4, -0.2) is 97.5 Å². The first-order valence-electron chi connectivity index (χ1n) is 27.1. The number of benzene rings is 5. The summed E-state index contributed by atoms with van der Waals surface area (Å²) in [7, 11) is 8.16. The fourth-order valence-electron chi connectivity index (χ4n) is 11.9. The fraction of sp³-hybridized carbons (Fsp3) is 0.206. The summed E-state index contributed by atoms with van der Waals surface area (Å²) in [5, 5.41) is 0. The molecule has 0 saturated heterocycles. The maximum absolute atomic E-state index is 4.49. The Hall–Kier alpha value is -9.19. The molecule has 0 fully saturated rings. The average molecular weight is 1260 g/mol. The molecule has 0 bridgehead atoms. The van der Waals surface area contributed by atoms with Gasteiger partial charge < -0.3 is 49.0 Å². The summed E-state index contributed by atoms with van der Waals surface area (Å²) in [5.41, 5.74) is 13.5. The number of aromatic nitrogens is 8. The Balaban J connectivity index is 0.000000102. The standard InChI is InChI=1S/C15H16N4.2C13H12N4.C12H10N4.C10H10N2.Ir/c1-10(2)18-14-7-11-5-3-4-6-12(11)19(14)13-8-16-9-17-15(13)18;1-16-12-6-9-4-2-3-5-10(9)17(12)11-7-14-8-15-13(11)16;1-16-11-7-14-8-15-13(11)17-10-5-3-2-4-9(10)6-12(16)17;1-15-9-16(10-5-3-2-4-6-10)12-11(15)13-7-8-14-12;1-11-7-8-12(9-11)10-5-3-2-4-6-10;/h3-6,8-10,14H,7H2,1-2H3;2*2-5,7-8,12H,6H2,1H3;2-5,7-9H,1H3;2-5,7-9H,1H3;/q;;;2*-2;. The van der Waals surface area contributed by atoms with Gasteiger partial charge in [-0.3, -0.25) is 0 Å². The molecule has 415 valence electrons. The summed E-state index contributed by atoms with van der Waals surface area (Å²) in [4.78, 5) is 56.2. The Morgan fingerprint density at radius 3 is 1.55 bits per heavy atom. The molecule has 8 aliphatic rings. The molecule has 12 heterocycles. The third-order valence-corrected chi connectivity index (χ3v) is 15.6. The van der Waals surface area contributed by atoms with Gasteiger partial charge in [-0.1, -0.05) is 54.6 Å². The summed E-state index contributed by atoms with van der Waals surface area (Å²) < 4.78 is 0. The van der Waals surface area contributed by atoms with Crippen molar-refractivity contribution in [3.63, 3.8) is 0 Å². The second-order valence-electron chi connectivity index (χ2n) is 20.7. The van der Waals surface area contributed by atoms with E-state index in [0.29, 0.717) is 24.5 Å². The number of hydrogen-bond donors (Lipinski definition) is 0. The van der Waals surface area contributed by atoms with Crippen LogP contribution in [0.5, 0.6) is 0 Å². The third kappa shape index (κ3) is 9.68. The Bertz CT molecular complexity index is 3610. The summed E-state index contributed by atoms with van der Waals surface area (Å²) in [6, 6.07) is 48.2. The molecule has 0 aliphatic carbocycles. The van der Waals surface area contributed by atoms with Gasteiger partial charge >= 0.3 is 0 Å². The molecule has 0 saturated carbocycles. The molecular weight excluding hydrogens is 1200 g/mol. The first-order valence-corrected chi connectivity index (χ1v) is 27.1. The van der Waals surface area contributed by atoms with Crippen molar-refractivity contribution in [1.82, 2.24) is 44.8 Å². The van der Waals surface area contributed by atoms with Gasteiger partial charge in [-0.15, -0.1) is 18.0 Å². The van der Waals surface area contributed by atoms with Crippen LogP contribution in [0, 0.1) is 25.5 Å². The van der Waals surface area contributed by atoms with Crippen molar-refractivity contribution in [2.75, 3.05) is 72.3 Å². The maximum atomic E-state index is 4.49. The van der Waals surface area contributed by atoms with E-state index in [0.717, 1.165) is 76.8 Å². The van der Waals surface area contributed by atoms with E-state index < -0.39 is 0 Å². The van der Waals surface area contributed by atoms with E-state index in [1.807, 2.05) is 127 Å². The Labute approximate surface area is 492 Å². The minimum absolute atomic E-state index is 0. The van der Waals surface area contributed by atoms with Gasteiger partial charge in [0, 0.05) is 89.0 Å². The van der Waals surface area contributed by atoms with Crippen LogP contribution in [0.2, 0.25) is 0 Å². The monoisotopic (exact) mass is 1260 g/mol. The molecular formula is C63H60IrN18-4. The second-order valence-corrected chi connectivity index (χ2v) is 20.7. The van der Waals surface area contributed by atoms with Crippen molar-refractivity contribution in [1.29, 1.82) is 0 Å². The van der Waals surface area contributed by atoms with Crippen molar-refractivity contribution in [2.24, 2.45) is 0 Å². The fourth-order valence-corrected chi connectivity index (χ4v) is 11.9. The van der Waals surface area contributed by atoms with Crippen molar-refractivity contribution < 1.29 is 20.1 Å². The van der Waals surface area contributed by atoms with Gasteiger partial charge in [0.15, 0.2) is 17.5 Å². The Morgan fingerprint density at radius 1 is 0.463 bits per heavy atom. The van der Waals surface area contributed by atoms with E-state index in [1.165, 1.54) is 33.8 Å². The van der Waals surface area contributed by atoms with Crippen molar-refractivity contribution in [3.8, 4) is 0 Å². The molecule has 17 rings (SSSR count). The molecule has 5 aromatic carbocycles. The molecule has 0 spiro atoms. The van der Waals surface area contributed by atoms with Gasteiger partial charge in [0.2, 0.25) is 0 Å². The molecule has 18 nitrogen and oxygen atoms in total. The number of likely N-dealkylation sites (N-methyl/N-ethyl adjacent to an activating group) is 2. The first kappa shape index (κ1) is 53.5. The van der Waals surface area contributed by atoms with Crippen LogP contribution in [0.25, 0.3) is 0 Å². The van der Waals surface area contributed by atoms with Gasteiger partial charge in [-0.05, 0) is 75.2 Å². The summed E-state index contributed by atoms with van der Waals surface area (Å²) in [6.45, 7) is 8.40. The number of fused-ring (bicyclic) bond motifs is 16. The van der Waals surface area contributed by atoms with E-state index >= 15 is 0 Å². The molecule has 1 radical (unpaired) electrons. The average Bonchev–Trinajstić information content (AvgIpc) is 4.60. The molecule has 4 aromatic heterocycles. The van der Waals surface area contributed by atoms with Crippen molar-refractivity contribution >= 4 is 74.6 Å². The topological polar surface area (TPSA) is 136 Å². The van der Waals surface area contributed by atoms with E-state index in [2.05, 4.69) is 182 Å². The van der Waals surface area contributed by atoms with Gasteiger partial charge in [0.1, 0.15) is 66.2 Å². The van der Waals surface area contributed by atoms with Crippen LogP contribution >= 0.6 is 0 Å². The van der Waals surface area contributed by atoms with Gasteiger partial charge in [0.05, 0.1) is 18.6 Å². The van der Waals surface area contributed by atoms with Crippen LogP contribution < -0.4 is 44.1 Å². The number of para-hydroxylation sites is 5. The number of hydrogen-bond acceptors (Lipinski definition) is 18. The number of rotatable bonds is 3. The zero-order valence-electron chi connectivity index (χ0n) is 46.3. The van der Waals surface area contributed by atoms with Gasteiger partial charge in [0.25, 0.3) is 0 Å².